The van der Waals surface area contributed by atoms with E-state index in [4.69, 9.17) is 22.1 Å². The summed E-state index contributed by atoms with van der Waals surface area (Å²) in [5.41, 5.74) is 6.76. The molecule has 0 aliphatic carbocycles. The summed E-state index contributed by atoms with van der Waals surface area (Å²) in [6.07, 6.45) is 1.36. The predicted molar refractivity (Wildman–Crippen MR) is 67.2 cm³/mol. The van der Waals surface area contributed by atoms with Gasteiger partial charge in [0.05, 0.1) is 5.69 Å². The van der Waals surface area contributed by atoms with Crippen LogP contribution >= 0.6 is 11.6 Å². The maximum absolute atomic E-state index is 11.6. The van der Waals surface area contributed by atoms with Crippen LogP contribution in [-0.2, 0) is 29.7 Å². The molecule has 0 aromatic carbocycles. The van der Waals surface area contributed by atoms with E-state index < -0.39 is 5.97 Å². The molecule has 2 aromatic heterocycles. The first-order valence-corrected chi connectivity index (χ1v) is 5.83. The molecule has 0 spiro atoms. The Labute approximate surface area is 114 Å². The summed E-state index contributed by atoms with van der Waals surface area (Å²) in [6.45, 7) is 1.82. The van der Waals surface area contributed by atoms with Crippen LogP contribution in [0.4, 0.5) is 5.95 Å². The van der Waals surface area contributed by atoms with Crippen LogP contribution in [0.15, 0.2) is 6.33 Å². The number of nitrogens with zero attached hydrogens (tertiary/aromatic N) is 5. The summed E-state index contributed by atoms with van der Waals surface area (Å²) >= 11 is 6.03. The number of carbonyl (C=O) groups excluding carboxylic acids is 1. The Bertz CT molecular complexity index is 605. The molecule has 0 atom stereocenters. The highest BCUT2D eigenvalue weighted by atomic mass is 35.5. The molecule has 0 saturated carbocycles. The molecule has 0 unspecified atom stereocenters. The number of aryl methyl sites for hydroxylation is 2. The zero-order valence-electron chi connectivity index (χ0n) is 10.5. The maximum atomic E-state index is 11.6. The summed E-state index contributed by atoms with van der Waals surface area (Å²) in [4.78, 5) is 15.3. The highest BCUT2D eigenvalue weighted by Crippen LogP contribution is 2.19. The summed E-state index contributed by atoms with van der Waals surface area (Å²) < 4.78 is 7.94. The summed E-state index contributed by atoms with van der Waals surface area (Å²) in [6, 6.07) is 0. The van der Waals surface area contributed by atoms with Gasteiger partial charge in [-0.3, -0.25) is 9.48 Å². The van der Waals surface area contributed by atoms with Gasteiger partial charge in [0.25, 0.3) is 0 Å². The fraction of sp³-hybridized carbons (Fsp3) is 0.400. The Morgan fingerprint density at radius 3 is 2.79 bits per heavy atom. The summed E-state index contributed by atoms with van der Waals surface area (Å²) in [5, 5.41) is 8.36. The first-order valence-electron chi connectivity index (χ1n) is 5.46. The smallest absolute Gasteiger partial charge is 0.328 e. The number of halogens is 1. The van der Waals surface area contributed by atoms with Gasteiger partial charge in [0, 0.05) is 12.6 Å². The molecule has 2 heterocycles. The molecule has 0 aliphatic heterocycles. The van der Waals surface area contributed by atoms with E-state index in [0.29, 0.717) is 10.7 Å². The average molecular weight is 285 g/mol. The number of carbonyl (C=O) groups is 1. The molecule has 0 aliphatic rings. The van der Waals surface area contributed by atoms with Gasteiger partial charge >= 0.3 is 5.97 Å². The molecule has 2 aromatic rings. The van der Waals surface area contributed by atoms with Crippen molar-refractivity contribution in [2.45, 2.75) is 20.1 Å². The van der Waals surface area contributed by atoms with Crippen molar-refractivity contribution >= 4 is 23.5 Å². The molecule has 0 bridgehead atoms. The number of hydrogen-bond acceptors (Lipinski definition) is 6. The van der Waals surface area contributed by atoms with Gasteiger partial charge < -0.3 is 10.5 Å². The molecular formula is C10H13ClN6O2. The highest BCUT2D eigenvalue weighted by molar-refractivity contribution is 6.30. The maximum Gasteiger partial charge on any atom is 0.328 e. The largest absolute Gasteiger partial charge is 0.459 e. The van der Waals surface area contributed by atoms with E-state index in [1.54, 1.807) is 14.0 Å². The minimum Gasteiger partial charge on any atom is -0.459 e. The lowest BCUT2D eigenvalue weighted by Crippen LogP contribution is -2.14. The molecule has 102 valence electrons. The minimum atomic E-state index is -0.454. The SMILES string of the molecule is Cc1nn(C)c(Cl)c1COC(=O)Cn1cnc(N)n1. The second-order valence-electron chi connectivity index (χ2n) is 3.94. The van der Waals surface area contributed by atoms with Crippen molar-refractivity contribution in [3.63, 3.8) is 0 Å². The summed E-state index contributed by atoms with van der Waals surface area (Å²) in [5.74, 6) is -0.344. The van der Waals surface area contributed by atoms with Crippen molar-refractivity contribution in [2.24, 2.45) is 7.05 Å². The normalized spacial score (nSPS) is 10.7. The zero-order valence-corrected chi connectivity index (χ0v) is 11.3. The molecule has 0 saturated heterocycles. The van der Waals surface area contributed by atoms with Crippen molar-refractivity contribution in [2.75, 3.05) is 5.73 Å². The van der Waals surface area contributed by atoms with Crippen LogP contribution < -0.4 is 5.73 Å². The Hall–Kier alpha value is -2.09. The number of nitrogens with two attached hydrogens (primary N) is 1. The predicted octanol–water partition coefficient (Wildman–Crippen LogP) is 0.299. The van der Waals surface area contributed by atoms with Crippen molar-refractivity contribution in [3.8, 4) is 0 Å². The monoisotopic (exact) mass is 284 g/mol. The number of nitrogen functional groups attached to an aromatic ring is 1. The van der Waals surface area contributed by atoms with Gasteiger partial charge in [-0.15, -0.1) is 5.10 Å². The molecule has 0 fully saturated rings. The lowest BCUT2D eigenvalue weighted by molar-refractivity contribution is -0.145. The van der Waals surface area contributed by atoms with E-state index in [0.717, 1.165) is 5.69 Å². The van der Waals surface area contributed by atoms with Gasteiger partial charge in [0.1, 0.15) is 24.6 Å². The average Bonchev–Trinajstić information content (AvgIpc) is 2.83. The van der Waals surface area contributed by atoms with E-state index >= 15 is 0 Å². The van der Waals surface area contributed by atoms with E-state index in [1.807, 2.05) is 0 Å². The number of ether oxygens (including phenoxy) is 1. The number of rotatable bonds is 4. The van der Waals surface area contributed by atoms with E-state index in [-0.39, 0.29) is 19.1 Å². The highest BCUT2D eigenvalue weighted by Gasteiger charge is 2.14. The third-order valence-corrected chi connectivity index (χ3v) is 2.97. The minimum absolute atomic E-state index is 0.0544. The van der Waals surface area contributed by atoms with Crippen molar-refractivity contribution < 1.29 is 9.53 Å². The first-order chi connectivity index (χ1) is 8.97. The second-order valence-corrected chi connectivity index (χ2v) is 4.30. The Balaban J connectivity index is 1.93. The van der Waals surface area contributed by atoms with Gasteiger partial charge in [-0.1, -0.05) is 11.6 Å². The van der Waals surface area contributed by atoms with Crippen LogP contribution in [-0.4, -0.2) is 30.5 Å². The quantitative estimate of drug-likeness (QED) is 0.810. The lowest BCUT2D eigenvalue weighted by Gasteiger charge is -2.04. The Morgan fingerprint density at radius 2 is 2.26 bits per heavy atom. The van der Waals surface area contributed by atoms with E-state index in [1.165, 1.54) is 15.7 Å². The van der Waals surface area contributed by atoms with Gasteiger partial charge in [0.2, 0.25) is 5.95 Å². The molecular weight excluding hydrogens is 272 g/mol. The van der Waals surface area contributed by atoms with E-state index in [9.17, 15) is 4.79 Å². The number of aromatic nitrogens is 5. The topological polar surface area (TPSA) is 101 Å². The van der Waals surface area contributed by atoms with Gasteiger partial charge in [-0.25, -0.2) is 9.67 Å². The third kappa shape index (κ3) is 3.02. The molecule has 2 rings (SSSR count). The Kier molecular flexibility index (Phi) is 3.70. The number of anilines is 1. The first kappa shape index (κ1) is 13.3. The molecule has 19 heavy (non-hydrogen) atoms. The number of esters is 1. The second kappa shape index (κ2) is 5.27. The summed E-state index contributed by atoms with van der Waals surface area (Å²) in [7, 11) is 1.72. The van der Waals surface area contributed by atoms with Crippen LogP contribution in [0.3, 0.4) is 0 Å². The van der Waals surface area contributed by atoms with Crippen molar-refractivity contribution in [1.29, 1.82) is 0 Å². The number of hydrogen-bond donors (Lipinski definition) is 1. The van der Waals surface area contributed by atoms with Gasteiger partial charge in [-0.2, -0.15) is 5.10 Å². The molecule has 0 amide bonds. The zero-order chi connectivity index (χ0) is 14.0. The fourth-order valence-electron chi connectivity index (χ4n) is 1.55. The lowest BCUT2D eigenvalue weighted by atomic mass is 10.3. The van der Waals surface area contributed by atoms with Crippen molar-refractivity contribution in [3.05, 3.63) is 22.7 Å². The molecule has 2 N–H and O–H groups in total. The van der Waals surface area contributed by atoms with Crippen LogP contribution in [0.2, 0.25) is 5.15 Å². The van der Waals surface area contributed by atoms with Crippen LogP contribution in [0.25, 0.3) is 0 Å². The van der Waals surface area contributed by atoms with Crippen LogP contribution in [0, 0.1) is 6.92 Å². The molecule has 9 heteroatoms. The van der Waals surface area contributed by atoms with Gasteiger partial charge in [-0.05, 0) is 6.92 Å². The standard InChI is InChI=1S/C10H13ClN6O2/c1-6-7(9(11)16(2)14-6)4-19-8(18)3-17-5-13-10(12)15-17/h5H,3-4H2,1-2H3,(H2,12,15). The fourth-order valence-corrected chi connectivity index (χ4v) is 1.78. The molecule has 8 nitrogen and oxygen atoms in total. The van der Waals surface area contributed by atoms with Gasteiger partial charge in [0.15, 0.2) is 0 Å². The Morgan fingerprint density at radius 1 is 1.53 bits per heavy atom. The van der Waals surface area contributed by atoms with E-state index in [2.05, 4.69) is 15.2 Å². The third-order valence-electron chi connectivity index (χ3n) is 2.49. The van der Waals surface area contributed by atoms with Crippen LogP contribution in [0.1, 0.15) is 11.3 Å². The van der Waals surface area contributed by atoms with Crippen molar-refractivity contribution in [1.82, 2.24) is 24.5 Å². The molecule has 0 radical (unpaired) electrons. The van der Waals surface area contributed by atoms with Crippen LogP contribution in [0.5, 0.6) is 0 Å².